The molecule has 2 atom stereocenters. The van der Waals surface area contributed by atoms with E-state index in [9.17, 15) is 0 Å². The van der Waals surface area contributed by atoms with Gasteiger partial charge in [-0.3, -0.25) is 0 Å². The Morgan fingerprint density at radius 3 is 2.81 bits per heavy atom. The van der Waals surface area contributed by atoms with Crippen LogP contribution in [0.4, 0.5) is 0 Å². The highest BCUT2D eigenvalue weighted by Crippen LogP contribution is 2.38. The highest BCUT2D eigenvalue weighted by Gasteiger charge is 2.22. The molecular formula is C18H19ClO2. The molecule has 0 aliphatic carbocycles. The van der Waals surface area contributed by atoms with Gasteiger partial charge >= 0.3 is 0 Å². The molecule has 0 spiro atoms. The number of benzene rings is 2. The summed E-state index contributed by atoms with van der Waals surface area (Å²) in [4.78, 5) is 0. The van der Waals surface area contributed by atoms with Crippen LogP contribution in [0.15, 0.2) is 36.4 Å². The van der Waals surface area contributed by atoms with Gasteiger partial charge < -0.3 is 9.47 Å². The third kappa shape index (κ3) is 2.73. The third-order valence-corrected chi connectivity index (χ3v) is 4.36. The lowest BCUT2D eigenvalue weighted by molar-refractivity contribution is 0.254. The summed E-state index contributed by atoms with van der Waals surface area (Å²) in [7, 11) is 1.68. The van der Waals surface area contributed by atoms with E-state index >= 15 is 0 Å². The second-order valence-corrected chi connectivity index (χ2v) is 6.04. The Bertz CT molecular complexity index is 666. The Hall–Kier alpha value is -1.67. The van der Waals surface area contributed by atoms with Gasteiger partial charge in [-0.05, 0) is 37.1 Å². The first kappa shape index (κ1) is 14.3. The summed E-state index contributed by atoms with van der Waals surface area (Å²) in [5.74, 6) is 1.80. The van der Waals surface area contributed by atoms with Crippen LogP contribution in [0.25, 0.3) is 0 Å². The number of methoxy groups -OCH3 is 1. The fourth-order valence-electron chi connectivity index (χ4n) is 2.83. The molecule has 110 valence electrons. The first-order valence-electron chi connectivity index (χ1n) is 7.16. The molecule has 21 heavy (non-hydrogen) atoms. The first-order valence-corrected chi connectivity index (χ1v) is 7.60. The third-order valence-electron chi connectivity index (χ3n) is 3.87. The average molecular weight is 303 g/mol. The Balaban J connectivity index is 1.98. The summed E-state index contributed by atoms with van der Waals surface area (Å²) in [6.45, 7) is 4.15. The zero-order valence-corrected chi connectivity index (χ0v) is 13.3. The second kappa shape index (κ2) is 5.61. The fraction of sp³-hybridized carbons (Fsp3) is 0.333. The van der Waals surface area contributed by atoms with Gasteiger partial charge in [-0.25, -0.2) is 0 Å². The van der Waals surface area contributed by atoms with Crippen LogP contribution >= 0.6 is 11.6 Å². The van der Waals surface area contributed by atoms with Crippen molar-refractivity contribution in [2.75, 3.05) is 7.11 Å². The van der Waals surface area contributed by atoms with Crippen LogP contribution in [-0.4, -0.2) is 13.2 Å². The first-order chi connectivity index (χ1) is 10.1. The number of ether oxygens (including phenoxy) is 2. The maximum absolute atomic E-state index is 6.70. The van der Waals surface area contributed by atoms with E-state index in [1.807, 2.05) is 24.3 Å². The fourth-order valence-corrected chi connectivity index (χ4v) is 3.14. The molecular weight excluding hydrogens is 284 g/mol. The highest BCUT2D eigenvalue weighted by atomic mass is 35.5. The lowest BCUT2D eigenvalue weighted by Crippen LogP contribution is -2.05. The van der Waals surface area contributed by atoms with Crippen LogP contribution in [0, 0.1) is 6.92 Å². The van der Waals surface area contributed by atoms with Crippen molar-refractivity contribution >= 4 is 11.6 Å². The van der Waals surface area contributed by atoms with Crippen molar-refractivity contribution in [3.05, 3.63) is 58.7 Å². The molecule has 1 heterocycles. The molecule has 0 bridgehead atoms. The van der Waals surface area contributed by atoms with Crippen molar-refractivity contribution in [1.29, 1.82) is 0 Å². The van der Waals surface area contributed by atoms with Crippen LogP contribution in [0.3, 0.4) is 0 Å². The summed E-state index contributed by atoms with van der Waals surface area (Å²) in [5.41, 5.74) is 4.50. The Kier molecular flexibility index (Phi) is 3.81. The van der Waals surface area contributed by atoms with Gasteiger partial charge in [0.1, 0.15) is 17.6 Å². The molecule has 2 nitrogen and oxygen atoms in total. The summed E-state index contributed by atoms with van der Waals surface area (Å²) in [6, 6.07) is 12.3. The van der Waals surface area contributed by atoms with Crippen molar-refractivity contribution in [2.45, 2.75) is 31.7 Å². The Morgan fingerprint density at radius 1 is 1.24 bits per heavy atom. The molecule has 0 radical (unpaired) electrons. The maximum Gasteiger partial charge on any atom is 0.123 e. The standard InChI is InChI=1S/C18H19ClO2/c1-11-4-6-17(20-3)15(8-11)18(19)13-5-7-16-14(10-13)9-12(2)21-16/h4-8,10,12,18H,9H2,1-3H3. The molecule has 0 fully saturated rings. The Labute approximate surface area is 130 Å². The van der Waals surface area contributed by atoms with Crippen LogP contribution in [-0.2, 0) is 6.42 Å². The van der Waals surface area contributed by atoms with Crippen molar-refractivity contribution in [1.82, 2.24) is 0 Å². The SMILES string of the molecule is COc1ccc(C)cc1C(Cl)c1ccc2c(c1)CC(C)O2. The predicted molar refractivity (Wildman–Crippen MR) is 85.7 cm³/mol. The molecule has 2 aromatic rings. The number of rotatable bonds is 3. The number of fused-ring (bicyclic) bond motifs is 1. The van der Waals surface area contributed by atoms with Gasteiger partial charge in [-0.15, -0.1) is 11.6 Å². The number of alkyl halides is 1. The zero-order chi connectivity index (χ0) is 15.0. The predicted octanol–water partition coefficient (Wildman–Crippen LogP) is 4.66. The van der Waals surface area contributed by atoms with Gasteiger partial charge in [-0.1, -0.05) is 29.8 Å². The van der Waals surface area contributed by atoms with Crippen molar-refractivity contribution in [2.24, 2.45) is 0 Å². The minimum Gasteiger partial charge on any atom is -0.496 e. The second-order valence-electron chi connectivity index (χ2n) is 5.61. The Morgan fingerprint density at radius 2 is 2.05 bits per heavy atom. The molecule has 0 N–H and O–H groups in total. The van der Waals surface area contributed by atoms with E-state index in [1.54, 1.807) is 7.11 Å². The molecule has 3 rings (SSSR count). The van der Waals surface area contributed by atoms with E-state index in [-0.39, 0.29) is 11.5 Å². The topological polar surface area (TPSA) is 18.5 Å². The number of halogens is 1. The minimum absolute atomic E-state index is 0.221. The van der Waals surface area contributed by atoms with E-state index < -0.39 is 0 Å². The van der Waals surface area contributed by atoms with Crippen LogP contribution in [0.5, 0.6) is 11.5 Å². The molecule has 2 aromatic carbocycles. The normalized spacial score (nSPS) is 18.0. The summed E-state index contributed by atoms with van der Waals surface area (Å²) in [5, 5.41) is -0.221. The van der Waals surface area contributed by atoms with Crippen LogP contribution in [0.2, 0.25) is 0 Å². The number of hydrogen-bond acceptors (Lipinski definition) is 2. The van der Waals surface area contributed by atoms with Gasteiger partial charge in [0.05, 0.1) is 12.5 Å². The lowest BCUT2D eigenvalue weighted by Gasteiger charge is -2.16. The smallest absolute Gasteiger partial charge is 0.123 e. The van der Waals surface area contributed by atoms with Gasteiger partial charge in [0.15, 0.2) is 0 Å². The molecule has 0 amide bonds. The molecule has 2 unspecified atom stereocenters. The molecule has 1 aliphatic heterocycles. The maximum atomic E-state index is 6.70. The van der Waals surface area contributed by atoms with Gasteiger partial charge in [0.2, 0.25) is 0 Å². The van der Waals surface area contributed by atoms with E-state index in [1.165, 1.54) is 11.1 Å². The zero-order valence-electron chi connectivity index (χ0n) is 12.5. The monoisotopic (exact) mass is 302 g/mol. The minimum atomic E-state index is -0.221. The van der Waals surface area contributed by atoms with E-state index in [4.69, 9.17) is 21.1 Å². The van der Waals surface area contributed by atoms with Crippen molar-refractivity contribution in [3.8, 4) is 11.5 Å². The van der Waals surface area contributed by atoms with E-state index in [2.05, 4.69) is 26.0 Å². The quantitative estimate of drug-likeness (QED) is 0.768. The average Bonchev–Trinajstić information content (AvgIpc) is 2.85. The molecule has 3 heteroatoms. The summed E-state index contributed by atoms with van der Waals surface area (Å²) in [6.07, 6.45) is 1.19. The van der Waals surface area contributed by atoms with E-state index in [0.717, 1.165) is 29.0 Å². The molecule has 0 aromatic heterocycles. The van der Waals surface area contributed by atoms with Crippen molar-refractivity contribution in [3.63, 3.8) is 0 Å². The van der Waals surface area contributed by atoms with Gasteiger partial charge in [0, 0.05) is 12.0 Å². The number of hydrogen-bond donors (Lipinski definition) is 0. The van der Waals surface area contributed by atoms with E-state index in [0.29, 0.717) is 0 Å². The summed E-state index contributed by atoms with van der Waals surface area (Å²) >= 11 is 6.70. The van der Waals surface area contributed by atoms with Gasteiger partial charge in [0.25, 0.3) is 0 Å². The number of aryl methyl sites for hydroxylation is 1. The molecule has 1 aliphatic rings. The van der Waals surface area contributed by atoms with Crippen molar-refractivity contribution < 1.29 is 9.47 Å². The molecule has 0 saturated carbocycles. The highest BCUT2D eigenvalue weighted by molar-refractivity contribution is 6.22. The van der Waals surface area contributed by atoms with Gasteiger partial charge in [-0.2, -0.15) is 0 Å². The lowest BCUT2D eigenvalue weighted by atomic mass is 9.99. The van der Waals surface area contributed by atoms with Crippen LogP contribution < -0.4 is 9.47 Å². The molecule has 0 saturated heterocycles. The largest absolute Gasteiger partial charge is 0.496 e. The summed E-state index contributed by atoms with van der Waals surface area (Å²) < 4.78 is 11.2. The van der Waals surface area contributed by atoms with Crippen LogP contribution in [0.1, 0.15) is 34.6 Å².